The molecule has 1 aromatic heterocycles. The topological polar surface area (TPSA) is 84.8 Å². The normalized spacial score (nSPS) is 14.3. The van der Waals surface area contributed by atoms with Crippen molar-refractivity contribution >= 4 is 11.5 Å². The summed E-state index contributed by atoms with van der Waals surface area (Å²) < 4.78 is 1.80. The molecule has 1 aliphatic carbocycles. The van der Waals surface area contributed by atoms with Gasteiger partial charge in [0.1, 0.15) is 17.2 Å². The summed E-state index contributed by atoms with van der Waals surface area (Å²) >= 11 is 0. The Balaban J connectivity index is 2.30. The maximum Gasteiger partial charge on any atom is 0.229 e. The molecule has 0 atom stereocenters. The molecule has 0 unspecified atom stereocenters. The number of nitrogens with two attached hydrogens (primary N) is 1. The second kappa shape index (κ2) is 3.91. The fourth-order valence-electron chi connectivity index (χ4n) is 2.26. The van der Waals surface area contributed by atoms with Gasteiger partial charge in [-0.3, -0.25) is 14.8 Å². The van der Waals surface area contributed by atoms with Crippen LogP contribution in [0.25, 0.3) is 5.69 Å². The zero-order chi connectivity index (χ0) is 13.6. The van der Waals surface area contributed by atoms with Gasteiger partial charge in [0.25, 0.3) is 0 Å². The number of ketones is 1. The number of Topliss-reactive ketones (excluding diaryl/α,β-unsaturated/α-hetero) is 1. The van der Waals surface area contributed by atoms with Crippen molar-refractivity contribution in [2.24, 2.45) is 5.73 Å². The van der Waals surface area contributed by atoms with E-state index in [-0.39, 0.29) is 22.9 Å². The van der Waals surface area contributed by atoms with Crippen LogP contribution in [0.2, 0.25) is 0 Å². The lowest BCUT2D eigenvalue weighted by molar-refractivity contribution is 0.102. The lowest BCUT2D eigenvalue weighted by Crippen LogP contribution is -2.23. The lowest BCUT2D eigenvalue weighted by Gasteiger charge is -2.13. The van der Waals surface area contributed by atoms with Crippen LogP contribution in [0.5, 0.6) is 0 Å². The van der Waals surface area contributed by atoms with Gasteiger partial charge in [-0.05, 0) is 25.1 Å². The number of rotatable bonds is 1. The fraction of sp³-hybridized carbons (Fsp3) is 0.0714. The number of para-hydroxylation sites is 1. The number of carbonyl (C=O) groups is 1. The summed E-state index contributed by atoms with van der Waals surface area (Å²) in [5.74, 6) is 0.348. The van der Waals surface area contributed by atoms with Crippen LogP contribution >= 0.6 is 0 Å². The molecule has 0 saturated heterocycles. The maximum absolute atomic E-state index is 12.0. The van der Waals surface area contributed by atoms with E-state index in [1.54, 1.807) is 4.57 Å². The molecule has 1 heterocycles. The Kier molecular flexibility index (Phi) is 2.35. The minimum atomic E-state index is -0.316. The molecule has 0 bridgehead atoms. The third-order valence-corrected chi connectivity index (χ3v) is 3.09. The minimum Gasteiger partial charge on any atom is -0.395 e. The van der Waals surface area contributed by atoms with E-state index in [1.807, 2.05) is 37.3 Å². The van der Waals surface area contributed by atoms with Crippen molar-refractivity contribution in [3.63, 3.8) is 0 Å². The summed E-state index contributed by atoms with van der Waals surface area (Å²) in [4.78, 5) is 16.3. The second-order valence-electron chi connectivity index (χ2n) is 4.37. The summed E-state index contributed by atoms with van der Waals surface area (Å²) in [5, 5.41) is 8.02. The quantitative estimate of drug-likeness (QED) is 0.808. The monoisotopic (exact) mass is 252 g/mol. The molecule has 1 aromatic carbocycles. The van der Waals surface area contributed by atoms with Crippen LogP contribution in [0.1, 0.15) is 22.0 Å². The van der Waals surface area contributed by atoms with Crippen LogP contribution in [0.15, 0.2) is 42.1 Å². The average Bonchev–Trinajstić information content (AvgIpc) is 2.75. The number of nitrogens with one attached hydrogen (secondary N) is 1. The first kappa shape index (κ1) is 11.4. The lowest BCUT2D eigenvalue weighted by atomic mass is 10.0. The number of hydrogen-bond donors (Lipinski definition) is 2. The van der Waals surface area contributed by atoms with Crippen molar-refractivity contribution in [2.45, 2.75) is 6.92 Å². The highest BCUT2D eigenvalue weighted by Crippen LogP contribution is 2.23. The highest BCUT2D eigenvalue weighted by molar-refractivity contribution is 6.23. The van der Waals surface area contributed by atoms with E-state index < -0.39 is 0 Å². The van der Waals surface area contributed by atoms with Gasteiger partial charge in [-0.25, -0.2) is 4.98 Å². The van der Waals surface area contributed by atoms with Gasteiger partial charge in [0.2, 0.25) is 5.78 Å². The third kappa shape index (κ3) is 1.59. The number of imidazole rings is 1. The molecule has 0 amide bonds. The van der Waals surface area contributed by atoms with Crippen molar-refractivity contribution in [2.75, 3.05) is 0 Å². The molecule has 5 nitrogen and oxygen atoms in total. The van der Waals surface area contributed by atoms with Crippen LogP contribution < -0.4 is 5.73 Å². The standard InChI is InChI=1S/C14H12N4O/c1-8-17-12-13(10(15)7-11(16)14(12)19)18(8)9-5-3-2-4-6-9/h2-7,15H,16H2,1H3. The Morgan fingerprint density at radius 1 is 1.26 bits per heavy atom. The SMILES string of the molecule is Cc1nc2c(n1-c1ccccc1)C(=N)C=C(N)C2=O. The van der Waals surface area contributed by atoms with E-state index in [9.17, 15) is 4.79 Å². The van der Waals surface area contributed by atoms with Crippen molar-refractivity contribution in [1.82, 2.24) is 9.55 Å². The van der Waals surface area contributed by atoms with Gasteiger partial charge in [-0.2, -0.15) is 0 Å². The number of fused-ring (bicyclic) bond motifs is 1. The average molecular weight is 252 g/mol. The van der Waals surface area contributed by atoms with E-state index in [2.05, 4.69) is 4.98 Å². The minimum absolute atomic E-state index is 0.0650. The summed E-state index contributed by atoms with van der Waals surface area (Å²) in [6.45, 7) is 1.81. The summed E-state index contributed by atoms with van der Waals surface area (Å²) in [6, 6.07) is 9.54. The Labute approximate surface area is 109 Å². The molecule has 5 heteroatoms. The number of hydrogen-bond acceptors (Lipinski definition) is 4. The highest BCUT2D eigenvalue weighted by atomic mass is 16.1. The number of carbonyl (C=O) groups excluding carboxylic acids is 1. The van der Waals surface area contributed by atoms with Crippen molar-refractivity contribution in [3.05, 3.63) is 59.3 Å². The molecule has 1 aliphatic rings. The molecule has 94 valence electrons. The molecule has 0 radical (unpaired) electrons. The third-order valence-electron chi connectivity index (χ3n) is 3.09. The van der Waals surface area contributed by atoms with Gasteiger partial charge in [0.15, 0.2) is 0 Å². The van der Waals surface area contributed by atoms with E-state index >= 15 is 0 Å². The predicted octanol–water partition coefficient (Wildman–Crippen LogP) is 1.59. The number of allylic oxidation sites excluding steroid dienone is 2. The summed E-state index contributed by atoms with van der Waals surface area (Å²) in [5.41, 5.74) is 7.51. The molecule has 0 fully saturated rings. The maximum atomic E-state index is 12.0. The van der Waals surface area contributed by atoms with E-state index in [0.717, 1.165) is 5.69 Å². The molecule has 0 saturated carbocycles. The molecule has 0 aliphatic heterocycles. The van der Waals surface area contributed by atoms with Crippen molar-refractivity contribution in [1.29, 1.82) is 5.41 Å². The van der Waals surface area contributed by atoms with Gasteiger partial charge < -0.3 is 5.73 Å². The highest BCUT2D eigenvalue weighted by Gasteiger charge is 2.29. The van der Waals surface area contributed by atoms with E-state index in [1.165, 1.54) is 6.08 Å². The van der Waals surface area contributed by atoms with E-state index in [0.29, 0.717) is 11.5 Å². The predicted molar refractivity (Wildman–Crippen MR) is 71.7 cm³/mol. The Morgan fingerprint density at radius 2 is 1.95 bits per heavy atom. The number of nitrogens with zero attached hydrogens (tertiary/aromatic N) is 2. The Hall–Kier alpha value is -2.69. The molecular weight excluding hydrogens is 240 g/mol. The molecule has 0 spiro atoms. The molecule has 19 heavy (non-hydrogen) atoms. The summed E-state index contributed by atoms with van der Waals surface area (Å²) in [7, 11) is 0. The van der Waals surface area contributed by atoms with E-state index in [4.69, 9.17) is 11.1 Å². The second-order valence-corrected chi connectivity index (χ2v) is 4.37. The Bertz CT molecular complexity index is 725. The fourth-order valence-corrected chi connectivity index (χ4v) is 2.26. The largest absolute Gasteiger partial charge is 0.395 e. The van der Waals surface area contributed by atoms with Crippen LogP contribution in [0.3, 0.4) is 0 Å². The van der Waals surface area contributed by atoms with Crippen LogP contribution in [-0.4, -0.2) is 21.0 Å². The molecule has 2 aromatic rings. The van der Waals surface area contributed by atoms with Crippen LogP contribution in [-0.2, 0) is 0 Å². The van der Waals surface area contributed by atoms with Crippen LogP contribution in [0, 0.1) is 12.3 Å². The Morgan fingerprint density at radius 3 is 2.63 bits per heavy atom. The van der Waals surface area contributed by atoms with Crippen LogP contribution in [0.4, 0.5) is 0 Å². The first-order valence-electron chi connectivity index (χ1n) is 5.85. The van der Waals surface area contributed by atoms with Gasteiger partial charge in [0, 0.05) is 5.69 Å². The molecular formula is C14H12N4O. The van der Waals surface area contributed by atoms with Crippen molar-refractivity contribution in [3.8, 4) is 5.69 Å². The molecule has 3 N–H and O–H groups in total. The molecule has 3 rings (SSSR count). The first-order valence-corrected chi connectivity index (χ1v) is 5.85. The van der Waals surface area contributed by atoms with Gasteiger partial charge in [-0.15, -0.1) is 0 Å². The van der Waals surface area contributed by atoms with Gasteiger partial charge in [0.05, 0.1) is 11.4 Å². The number of aromatic nitrogens is 2. The van der Waals surface area contributed by atoms with Gasteiger partial charge in [-0.1, -0.05) is 18.2 Å². The zero-order valence-corrected chi connectivity index (χ0v) is 10.3. The smallest absolute Gasteiger partial charge is 0.229 e. The number of benzene rings is 1. The zero-order valence-electron chi connectivity index (χ0n) is 10.3. The summed E-state index contributed by atoms with van der Waals surface area (Å²) in [6.07, 6.45) is 1.38. The first-order chi connectivity index (χ1) is 9.09. The van der Waals surface area contributed by atoms with Gasteiger partial charge >= 0.3 is 0 Å². The number of aryl methyl sites for hydroxylation is 1. The van der Waals surface area contributed by atoms with Crippen molar-refractivity contribution < 1.29 is 4.79 Å².